The Labute approximate surface area is 149 Å². The van der Waals surface area contributed by atoms with Crippen molar-refractivity contribution < 1.29 is 0 Å². The average Bonchev–Trinajstić information content (AvgIpc) is 2.05. The van der Waals surface area contributed by atoms with Crippen molar-refractivity contribution in [3.63, 3.8) is 0 Å². The molecule has 0 atom stereocenters. The summed E-state index contributed by atoms with van der Waals surface area (Å²) >= 11 is 0. The van der Waals surface area contributed by atoms with Crippen molar-refractivity contribution in [2.75, 3.05) is 0 Å². The van der Waals surface area contributed by atoms with Crippen LogP contribution in [-0.2, 0) is 0 Å². The maximum absolute atomic E-state index is 6.00. The van der Waals surface area contributed by atoms with E-state index in [9.17, 15) is 0 Å². The molecule has 0 N–H and O–H groups in total. The Bertz CT molecular complexity index is 388. The van der Waals surface area contributed by atoms with Crippen LogP contribution in [0.25, 0.3) is 0 Å². The van der Waals surface area contributed by atoms with Gasteiger partial charge in [-0.1, -0.05) is 0 Å². The van der Waals surface area contributed by atoms with Crippen LogP contribution < -0.4 is 0 Å². The molecule has 0 radical (unpaired) electrons. The summed E-state index contributed by atoms with van der Waals surface area (Å²) in [5.74, 6) is 0. The molecule has 0 aliphatic heterocycles. The van der Waals surface area contributed by atoms with Gasteiger partial charge in [-0.25, -0.2) is 0 Å². The third-order valence-electron chi connectivity index (χ3n) is 4.96. The van der Waals surface area contributed by atoms with E-state index in [2.05, 4.69) is 104 Å². The number of hydrogen-bond acceptors (Lipinski definition) is 1. The van der Waals surface area contributed by atoms with Crippen LogP contribution in [0, 0.1) is 0 Å². The van der Waals surface area contributed by atoms with Crippen molar-refractivity contribution in [3.05, 3.63) is 0 Å². The Morgan fingerprint density at radius 1 is 0.478 bits per heavy atom. The molecule has 0 saturated heterocycles. The fourth-order valence-corrected chi connectivity index (χ4v) is 22.6. The maximum atomic E-state index is 6.00. The molecule has 23 heavy (non-hydrogen) atoms. The van der Waals surface area contributed by atoms with Gasteiger partial charge in [0.05, 0.1) is 0 Å². The number of rotatable bonds is 1. The van der Waals surface area contributed by atoms with Crippen molar-refractivity contribution in [1.29, 1.82) is 0 Å². The second kappa shape index (κ2) is 6.43. The predicted octanol–water partition coefficient (Wildman–Crippen LogP) is 8.04. The molecule has 1 nitrogen and oxygen atoms in total. The van der Waals surface area contributed by atoms with E-state index >= 15 is 0 Å². The molecule has 0 aliphatic carbocycles. The van der Waals surface area contributed by atoms with Gasteiger partial charge in [-0.15, -0.1) is 0 Å². The SMILES string of the molecule is CC(C)(C)[PH](=N[PH](C(C)(C)C)(C(C)(C)C)C(C)(C)C)C(C)(C)C. The second-order valence-corrected chi connectivity index (χ2v) is 22.9. The first-order chi connectivity index (χ1) is 9.59. The van der Waals surface area contributed by atoms with E-state index in [1.54, 1.807) is 0 Å². The molecule has 0 bridgehead atoms. The molecule has 0 unspecified atom stereocenters. The minimum atomic E-state index is -2.01. The monoisotopic (exact) mass is 363 g/mol. The topological polar surface area (TPSA) is 12.4 Å². The quantitative estimate of drug-likeness (QED) is 0.418. The Morgan fingerprint density at radius 3 is 0.826 bits per heavy atom. The van der Waals surface area contributed by atoms with E-state index < -0.39 is 15.1 Å². The molecule has 0 saturated carbocycles. The van der Waals surface area contributed by atoms with Crippen LogP contribution in [0.4, 0.5) is 0 Å². The van der Waals surface area contributed by atoms with Crippen molar-refractivity contribution in [3.8, 4) is 0 Å². The van der Waals surface area contributed by atoms with Crippen LogP contribution in [0.2, 0.25) is 0 Å². The fraction of sp³-hybridized carbons (Fsp3) is 1.00. The van der Waals surface area contributed by atoms with Gasteiger partial charge in [-0.05, 0) is 0 Å². The third-order valence-corrected chi connectivity index (χ3v) is 16.5. The first kappa shape index (κ1) is 23.7. The zero-order valence-electron chi connectivity index (χ0n) is 18.9. The second-order valence-electron chi connectivity index (χ2n) is 12.4. The molecule has 0 fully saturated rings. The van der Waals surface area contributed by atoms with Gasteiger partial charge in [-0.2, -0.15) is 0 Å². The van der Waals surface area contributed by atoms with Crippen LogP contribution in [0.15, 0.2) is 4.52 Å². The molecule has 0 rings (SSSR count). The first-order valence-corrected chi connectivity index (χ1v) is 12.6. The van der Waals surface area contributed by atoms with Gasteiger partial charge in [0.15, 0.2) is 0 Å². The van der Waals surface area contributed by atoms with Gasteiger partial charge >= 0.3 is 149 Å². The van der Waals surface area contributed by atoms with E-state index in [0.29, 0.717) is 0 Å². The molecule has 0 spiro atoms. The van der Waals surface area contributed by atoms with E-state index in [0.717, 1.165) is 0 Å². The van der Waals surface area contributed by atoms with Crippen LogP contribution >= 0.6 is 15.1 Å². The van der Waals surface area contributed by atoms with E-state index in [4.69, 9.17) is 4.52 Å². The molecule has 0 heterocycles. The van der Waals surface area contributed by atoms with Crippen LogP contribution in [0.5, 0.6) is 0 Å². The number of nitrogens with zero attached hydrogens (tertiary/aromatic N) is 1. The van der Waals surface area contributed by atoms with Crippen molar-refractivity contribution in [2.24, 2.45) is 4.52 Å². The molecule has 3 heteroatoms. The summed E-state index contributed by atoms with van der Waals surface area (Å²) in [6.07, 6.45) is 0. The van der Waals surface area contributed by atoms with E-state index in [1.165, 1.54) is 0 Å². The third kappa shape index (κ3) is 4.85. The molecular formula is C20H47NP2. The summed E-state index contributed by atoms with van der Waals surface area (Å²) in [7, 11) is -2.91. The van der Waals surface area contributed by atoms with Crippen LogP contribution in [-0.4, -0.2) is 25.8 Å². The van der Waals surface area contributed by atoms with Gasteiger partial charge < -0.3 is 0 Å². The zero-order valence-corrected chi connectivity index (χ0v) is 20.9. The van der Waals surface area contributed by atoms with E-state index in [1.807, 2.05) is 0 Å². The number of hydrogen-bond donors (Lipinski definition) is 0. The normalized spacial score (nSPS) is 16.7. The Morgan fingerprint density at radius 2 is 0.696 bits per heavy atom. The molecule has 0 aromatic rings. The summed E-state index contributed by atoms with van der Waals surface area (Å²) in [5.41, 5.74) is 0. The van der Waals surface area contributed by atoms with E-state index in [-0.39, 0.29) is 25.8 Å². The standard InChI is InChI=1S/C20H47NP2/c1-16(2,3)22(17(4,5)6)21-23(18(7,8)9,19(10,11)12)20(13,14)15/h22-23H,1-15H3. The van der Waals surface area contributed by atoms with Gasteiger partial charge in [-0.3, -0.25) is 0 Å². The predicted molar refractivity (Wildman–Crippen MR) is 118 cm³/mol. The zero-order chi connectivity index (χ0) is 19.3. The van der Waals surface area contributed by atoms with Gasteiger partial charge in [0, 0.05) is 0 Å². The fourth-order valence-electron chi connectivity index (χ4n) is 5.51. The molecular weight excluding hydrogens is 316 g/mol. The van der Waals surface area contributed by atoms with Crippen molar-refractivity contribution in [1.82, 2.24) is 0 Å². The Kier molecular flexibility index (Phi) is 6.61. The summed E-state index contributed by atoms with van der Waals surface area (Å²) in [5, 5.41) is 1.30. The summed E-state index contributed by atoms with van der Waals surface area (Å²) in [4.78, 5) is 0. The summed E-state index contributed by atoms with van der Waals surface area (Å²) < 4.78 is 6.00. The molecule has 0 aromatic heterocycles. The Balaban J connectivity index is 7.04. The van der Waals surface area contributed by atoms with Gasteiger partial charge in [0.2, 0.25) is 0 Å². The van der Waals surface area contributed by atoms with Crippen molar-refractivity contribution in [2.45, 2.75) is 130 Å². The molecule has 0 aliphatic rings. The van der Waals surface area contributed by atoms with Crippen LogP contribution in [0.1, 0.15) is 104 Å². The minimum absolute atomic E-state index is 0.246. The molecule has 0 amide bonds. The first-order valence-electron chi connectivity index (χ1n) is 9.20. The van der Waals surface area contributed by atoms with Crippen LogP contribution in [0.3, 0.4) is 0 Å². The van der Waals surface area contributed by atoms with Crippen molar-refractivity contribution >= 4 is 15.1 Å². The Hall–Kier alpha value is 0.660. The molecule has 0 aromatic carbocycles. The average molecular weight is 364 g/mol. The summed E-state index contributed by atoms with van der Waals surface area (Å²) in [6, 6.07) is 0. The van der Waals surface area contributed by atoms with Gasteiger partial charge in [0.25, 0.3) is 0 Å². The summed E-state index contributed by atoms with van der Waals surface area (Å²) in [6.45, 7) is 36.5. The van der Waals surface area contributed by atoms with Gasteiger partial charge in [0.1, 0.15) is 0 Å². The molecule has 142 valence electrons.